The minimum Gasteiger partial charge on any atom is -0.464 e. The molecule has 5 aromatic rings. The minimum atomic E-state index is -0.198. The highest BCUT2D eigenvalue weighted by Crippen LogP contribution is 2.37. The van der Waals surface area contributed by atoms with Crippen molar-refractivity contribution >= 4 is 32.7 Å². The Morgan fingerprint density at radius 2 is 1.63 bits per heavy atom. The van der Waals surface area contributed by atoms with Gasteiger partial charge in [0.25, 0.3) is 0 Å². The van der Waals surface area contributed by atoms with Gasteiger partial charge >= 0.3 is 5.63 Å². The summed E-state index contributed by atoms with van der Waals surface area (Å²) in [5, 5.41) is 4.52. The number of furan rings is 1. The van der Waals surface area contributed by atoms with E-state index in [4.69, 9.17) is 8.83 Å². The van der Waals surface area contributed by atoms with Gasteiger partial charge < -0.3 is 8.83 Å². The lowest BCUT2D eigenvalue weighted by Crippen LogP contribution is -2.06. The summed E-state index contributed by atoms with van der Waals surface area (Å²) in [7, 11) is 0. The second-order valence-corrected chi connectivity index (χ2v) is 7.26. The van der Waals surface area contributed by atoms with Crippen molar-refractivity contribution in [2.45, 2.75) is 19.3 Å². The van der Waals surface area contributed by atoms with Crippen molar-refractivity contribution in [1.82, 2.24) is 0 Å². The van der Waals surface area contributed by atoms with Crippen LogP contribution >= 0.6 is 0 Å². The van der Waals surface area contributed by atoms with Gasteiger partial charge in [-0.25, -0.2) is 4.79 Å². The number of hydrogen-bond acceptors (Lipinski definition) is 3. The van der Waals surface area contributed by atoms with Crippen molar-refractivity contribution in [2.24, 2.45) is 0 Å². The van der Waals surface area contributed by atoms with Crippen LogP contribution in [0.5, 0.6) is 0 Å². The molecule has 1 aliphatic carbocycles. The molecule has 3 nitrogen and oxygen atoms in total. The first kappa shape index (κ1) is 14.8. The van der Waals surface area contributed by atoms with Crippen LogP contribution in [0.25, 0.3) is 43.8 Å². The Hall–Kier alpha value is -3.33. The van der Waals surface area contributed by atoms with Crippen LogP contribution in [0, 0.1) is 0 Å². The van der Waals surface area contributed by atoms with E-state index in [1.807, 2.05) is 6.07 Å². The van der Waals surface area contributed by atoms with Gasteiger partial charge in [-0.3, -0.25) is 0 Å². The molecule has 0 atom stereocenters. The molecule has 0 unspecified atom stereocenters. The Kier molecular flexibility index (Phi) is 2.92. The van der Waals surface area contributed by atoms with Gasteiger partial charge in [-0.2, -0.15) is 0 Å². The van der Waals surface area contributed by atoms with Crippen LogP contribution < -0.4 is 5.63 Å². The first-order valence-electron chi connectivity index (χ1n) is 9.27. The predicted octanol–water partition coefficient (Wildman–Crippen LogP) is 5.85. The Morgan fingerprint density at radius 1 is 0.778 bits per heavy atom. The molecule has 0 saturated carbocycles. The summed E-state index contributed by atoms with van der Waals surface area (Å²) < 4.78 is 11.4. The highest BCUT2D eigenvalue weighted by molar-refractivity contribution is 6.03. The average Bonchev–Trinajstić information content (AvgIpc) is 3.34. The topological polar surface area (TPSA) is 43.4 Å². The fraction of sp³-hybridized carbons (Fsp3) is 0.125. The Balaban J connectivity index is 1.64. The third-order valence-corrected chi connectivity index (χ3v) is 5.73. The zero-order valence-corrected chi connectivity index (χ0v) is 14.6. The summed E-state index contributed by atoms with van der Waals surface area (Å²) in [5.74, 6) is 0. The quantitative estimate of drug-likeness (QED) is 0.356. The molecule has 6 rings (SSSR count). The Morgan fingerprint density at radius 3 is 2.56 bits per heavy atom. The number of benzene rings is 3. The van der Waals surface area contributed by atoms with Crippen LogP contribution in [-0.4, -0.2) is 0 Å². The lowest BCUT2D eigenvalue weighted by molar-refractivity contribution is 0.550. The molecule has 0 fully saturated rings. The molecule has 27 heavy (non-hydrogen) atoms. The van der Waals surface area contributed by atoms with Crippen molar-refractivity contribution in [2.75, 3.05) is 0 Å². The van der Waals surface area contributed by atoms with Gasteiger partial charge in [0, 0.05) is 28.0 Å². The van der Waals surface area contributed by atoms with E-state index in [1.54, 1.807) is 6.26 Å². The van der Waals surface area contributed by atoms with Crippen molar-refractivity contribution in [3.05, 3.63) is 82.4 Å². The standard InChI is InChI=1S/C24H16O3/c25-24-18-7-3-6-17(18)19-11-20-21(13-26-22(20)12-23(19)27-24)16-9-8-14-4-1-2-5-15(14)10-16/h1-2,4-5,8-13H,3,6-7H2. The maximum absolute atomic E-state index is 12.2. The number of hydrogen-bond donors (Lipinski definition) is 0. The lowest BCUT2D eigenvalue weighted by Gasteiger charge is -2.05. The van der Waals surface area contributed by atoms with Crippen LogP contribution in [0.1, 0.15) is 17.5 Å². The summed E-state index contributed by atoms with van der Waals surface area (Å²) in [6, 6.07) is 18.8. The van der Waals surface area contributed by atoms with Crippen LogP contribution in [0.4, 0.5) is 0 Å². The van der Waals surface area contributed by atoms with E-state index in [1.165, 1.54) is 10.8 Å². The van der Waals surface area contributed by atoms with Crippen molar-refractivity contribution < 1.29 is 8.83 Å². The average molecular weight is 352 g/mol. The monoisotopic (exact) mass is 352 g/mol. The van der Waals surface area contributed by atoms with Crippen LogP contribution in [0.3, 0.4) is 0 Å². The minimum absolute atomic E-state index is 0.198. The van der Waals surface area contributed by atoms with Crippen molar-refractivity contribution in [3.63, 3.8) is 0 Å². The first-order chi connectivity index (χ1) is 13.3. The molecule has 1 aliphatic rings. The molecule has 3 aromatic carbocycles. The fourth-order valence-corrected chi connectivity index (χ4v) is 4.38. The highest BCUT2D eigenvalue weighted by atomic mass is 16.4. The SMILES string of the molecule is O=c1oc2cc3occ(-c4ccc5ccccc5c4)c3cc2c2c1CCC2. The van der Waals surface area contributed by atoms with E-state index in [-0.39, 0.29) is 5.63 Å². The van der Waals surface area contributed by atoms with Gasteiger partial charge in [-0.05, 0) is 53.3 Å². The molecule has 2 aromatic heterocycles. The van der Waals surface area contributed by atoms with Gasteiger partial charge in [0.15, 0.2) is 0 Å². The fourth-order valence-electron chi connectivity index (χ4n) is 4.38. The summed E-state index contributed by atoms with van der Waals surface area (Å²) in [6.45, 7) is 0. The van der Waals surface area contributed by atoms with Gasteiger partial charge in [-0.15, -0.1) is 0 Å². The van der Waals surface area contributed by atoms with Gasteiger partial charge in [-0.1, -0.05) is 36.4 Å². The molecule has 2 heterocycles. The molecule has 130 valence electrons. The Labute approximate surface area is 154 Å². The van der Waals surface area contributed by atoms with Crippen LogP contribution in [0.15, 0.2) is 74.5 Å². The normalized spacial score (nSPS) is 13.6. The molecular weight excluding hydrogens is 336 g/mol. The van der Waals surface area contributed by atoms with E-state index in [9.17, 15) is 4.79 Å². The zero-order valence-electron chi connectivity index (χ0n) is 14.6. The number of rotatable bonds is 1. The van der Waals surface area contributed by atoms with Crippen LogP contribution in [-0.2, 0) is 12.8 Å². The summed E-state index contributed by atoms with van der Waals surface area (Å²) in [4.78, 5) is 12.2. The van der Waals surface area contributed by atoms with Crippen molar-refractivity contribution in [3.8, 4) is 11.1 Å². The second kappa shape index (κ2) is 5.34. The largest absolute Gasteiger partial charge is 0.464 e. The molecule has 0 saturated heterocycles. The third kappa shape index (κ3) is 2.12. The zero-order chi connectivity index (χ0) is 18.0. The number of fused-ring (bicyclic) bond motifs is 5. The van der Waals surface area contributed by atoms with E-state index in [0.29, 0.717) is 5.58 Å². The smallest absolute Gasteiger partial charge is 0.339 e. The summed E-state index contributed by atoms with van der Waals surface area (Å²) in [6.07, 6.45) is 4.56. The van der Waals surface area contributed by atoms with E-state index >= 15 is 0 Å². The maximum atomic E-state index is 12.2. The molecular formula is C24H16O3. The molecule has 0 spiro atoms. The van der Waals surface area contributed by atoms with Crippen molar-refractivity contribution in [1.29, 1.82) is 0 Å². The van der Waals surface area contributed by atoms with Gasteiger partial charge in [0.2, 0.25) is 0 Å². The maximum Gasteiger partial charge on any atom is 0.339 e. The lowest BCUT2D eigenvalue weighted by atomic mass is 9.99. The first-order valence-corrected chi connectivity index (χ1v) is 9.27. The third-order valence-electron chi connectivity index (χ3n) is 5.73. The highest BCUT2D eigenvalue weighted by Gasteiger charge is 2.21. The second-order valence-electron chi connectivity index (χ2n) is 7.26. The molecule has 0 amide bonds. The molecule has 0 bridgehead atoms. The predicted molar refractivity (Wildman–Crippen MR) is 107 cm³/mol. The number of aryl methyl sites for hydroxylation is 1. The van der Waals surface area contributed by atoms with E-state index < -0.39 is 0 Å². The molecule has 0 radical (unpaired) electrons. The van der Waals surface area contributed by atoms with Gasteiger partial charge in [0.05, 0.1) is 6.26 Å². The Bertz CT molecular complexity index is 1420. The molecule has 3 heteroatoms. The van der Waals surface area contributed by atoms with Crippen LogP contribution in [0.2, 0.25) is 0 Å². The summed E-state index contributed by atoms with van der Waals surface area (Å²) >= 11 is 0. The molecule has 0 aliphatic heterocycles. The van der Waals surface area contributed by atoms with E-state index in [2.05, 4.69) is 48.5 Å². The van der Waals surface area contributed by atoms with Gasteiger partial charge in [0.1, 0.15) is 11.2 Å². The summed E-state index contributed by atoms with van der Waals surface area (Å²) in [5.41, 5.74) is 5.35. The van der Waals surface area contributed by atoms with E-state index in [0.717, 1.165) is 57.9 Å². The molecule has 0 N–H and O–H groups in total.